The van der Waals surface area contributed by atoms with Gasteiger partial charge in [0.2, 0.25) is 5.91 Å². The Bertz CT molecular complexity index is 1030. The second-order valence-electron chi connectivity index (χ2n) is 7.20. The molecule has 0 spiro atoms. The first-order chi connectivity index (χ1) is 14.7. The molecular weight excluding hydrogens is 384 g/mol. The highest BCUT2D eigenvalue weighted by molar-refractivity contribution is 5.79. The molecule has 3 aromatic rings. The fourth-order valence-electron chi connectivity index (χ4n) is 3.58. The molecule has 1 fully saturated rings. The molecule has 1 N–H and O–H groups in total. The molecule has 1 aliphatic rings. The first kappa shape index (κ1) is 19.7. The van der Waals surface area contributed by atoms with Crippen molar-refractivity contribution < 1.29 is 4.79 Å². The fourth-order valence-corrected chi connectivity index (χ4v) is 3.58. The SMILES string of the molecule is O=C(NCCCn1ncccc1=O)C1CCCN(c2cc(-n3cccn3)ncn2)C1. The molecule has 0 aliphatic carbocycles. The third kappa shape index (κ3) is 4.70. The van der Waals surface area contributed by atoms with Gasteiger partial charge in [-0.3, -0.25) is 9.59 Å². The van der Waals surface area contributed by atoms with Crippen LogP contribution in [-0.2, 0) is 11.3 Å². The van der Waals surface area contributed by atoms with Crippen LogP contribution in [0.5, 0.6) is 0 Å². The zero-order valence-corrected chi connectivity index (χ0v) is 16.6. The van der Waals surface area contributed by atoms with Gasteiger partial charge >= 0.3 is 0 Å². The van der Waals surface area contributed by atoms with E-state index in [-0.39, 0.29) is 17.4 Å². The topological polar surface area (TPSA) is 111 Å². The highest BCUT2D eigenvalue weighted by Crippen LogP contribution is 2.22. The first-order valence-corrected chi connectivity index (χ1v) is 10.1. The van der Waals surface area contributed by atoms with E-state index >= 15 is 0 Å². The average molecular weight is 408 g/mol. The van der Waals surface area contributed by atoms with E-state index in [1.807, 2.05) is 18.3 Å². The van der Waals surface area contributed by atoms with Gasteiger partial charge in [-0.15, -0.1) is 0 Å². The molecular formula is C20H24N8O2. The summed E-state index contributed by atoms with van der Waals surface area (Å²) in [5.41, 5.74) is -0.133. The van der Waals surface area contributed by atoms with Crippen LogP contribution in [0.2, 0.25) is 0 Å². The number of amides is 1. The molecule has 0 radical (unpaired) electrons. The summed E-state index contributed by atoms with van der Waals surface area (Å²) in [6, 6.07) is 6.82. The smallest absolute Gasteiger partial charge is 0.266 e. The molecule has 1 unspecified atom stereocenters. The number of hydrogen-bond acceptors (Lipinski definition) is 7. The summed E-state index contributed by atoms with van der Waals surface area (Å²) in [7, 11) is 0. The molecule has 1 amide bonds. The largest absolute Gasteiger partial charge is 0.356 e. The molecule has 3 aromatic heterocycles. The van der Waals surface area contributed by atoms with Crippen molar-refractivity contribution in [3.8, 4) is 5.82 Å². The maximum Gasteiger partial charge on any atom is 0.266 e. The van der Waals surface area contributed by atoms with E-state index in [4.69, 9.17) is 0 Å². The predicted octanol–water partition coefficient (Wildman–Crippen LogP) is 0.642. The van der Waals surface area contributed by atoms with Gasteiger partial charge in [0.05, 0.1) is 5.92 Å². The summed E-state index contributed by atoms with van der Waals surface area (Å²) in [6.45, 7) is 2.45. The van der Waals surface area contributed by atoms with Crippen LogP contribution in [0.1, 0.15) is 19.3 Å². The lowest BCUT2D eigenvalue weighted by Gasteiger charge is -2.32. The Morgan fingerprint density at radius 2 is 2.03 bits per heavy atom. The van der Waals surface area contributed by atoms with Gasteiger partial charge in [-0.2, -0.15) is 10.2 Å². The van der Waals surface area contributed by atoms with Crippen LogP contribution in [-0.4, -0.2) is 55.1 Å². The second-order valence-corrected chi connectivity index (χ2v) is 7.20. The van der Waals surface area contributed by atoms with Crippen molar-refractivity contribution in [2.24, 2.45) is 5.92 Å². The molecule has 1 saturated heterocycles. The lowest BCUT2D eigenvalue weighted by molar-refractivity contribution is -0.125. The molecule has 0 saturated carbocycles. The summed E-state index contributed by atoms with van der Waals surface area (Å²) in [4.78, 5) is 35.1. The molecule has 0 aromatic carbocycles. The van der Waals surface area contributed by atoms with E-state index in [1.54, 1.807) is 23.1 Å². The Morgan fingerprint density at radius 3 is 2.87 bits per heavy atom. The zero-order chi connectivity index (χ0) is 20.8. The highest BCUT2D eigenvalue weighted by Gasteiger charge is 2.26. The normalized spacial score (nSPS) is 16.4. The number of nitrogens with zero attached hydrogens (tertiary/aromatic N) is 7. The lowest BCUT2D eigenvalue weighted by Crippen LogP contribution is -2.43. The van der Waals surface area contributed by atoms with Gasteiger partial charge in [0.15, 0.2) is 5.82 Å². The molecule has 4 rings (SSSR count). The number of carbonyl (C=O) groups is 1. The van der Waals surface area contributed by atoms with Crippen molar-refractivity contribution in [2.45, 2.75) is 25.8 Å². The van der Waals surface area contributed by atoms with Crippen LogP contribution >= 0.6 is 0 Å². The quantitative estimate of drug-likeness (QED) is 0.571. The first-order valence-electron chi connectivity index (χ1n) is 10.1. The van der Waals surface area contributed by atoms with E-state index in [0.717, 1.165) is 25.2 Å². The highest BCUT2D eigenvalue weighted by atomic mass is 16.2. The van der Waals surface area contributed by atoms with Crippen LogP contribution in [0.3, 0.4) is 0 Å². The second kappa shape index (κ2) is 9.29. The summed E-state index contributed by atoms with van der Waals surface area (Å²) in [5.74, 6) is 1.43. The minimum atomic E-state index is -0.133. The van der Waals surface area contributed by atoms with Gasteiger partial charge < -0.3 is 10.2 Å². The molecule has 30 heavy (non-hydrogen) atoms. The van der Waals surface area contributed by atoms with Crippen LogP contribution < -0.4 is 15.8 Å². The monoisotopic (exact) mass is 408 g/mol. The minimum absolute atomic E-state index is 0.0365. The van der Waals surface area contributed by atoms with Gasteiger partial charge in [0, 0.05) is 56.9 Å². The number of rotatable bonds is 7. The van der Waals surface area contributed by atoms with Crippen LogP contribution in [0.25, 0.3) is 5.82 Å². The van der Waals surface area contributed by atoms with Gasteiger partial charge in [-0.05, 0) is 31.4 Å². The van der Waals surface area contributed by atoms with E-state index in [2.05, 4.69) is 30.4 Å². The maximum absolute atomic E-state index is 12.6. The third-order valence-electron chi connectivity index (χ3n) is 5.12. The van der Waals surface area contributed by atoms with Gasteiger partial charge in [-0.25, -0.2) is 19.3 Å². The van der Waals surface area contributed by atoms with E-state index in [1.165, 1.54) is 17.1 Å². The fraction of sp³-hybridized carbons (Fsp3) is 0.400. The standard InChI is InChI=1S/C20H24N8O2/c29-19-6-1-8-25-28(19)12-3-7-21-20(30)16-5-2-10-26(14-16)17-13-18(23-15-22-17)27-11-4-9-24-27/h1,4,6,8-9,11,13,15-16H,2-3,5,7,10,12,14H2,(H,21,30). The van der Waals surface area contributed by atoms with Crippen LogP contribution in [0.4, 0.5) is 5.82 Å². The lowest BCUT2D eigenvalue weighted by atomic mass is 9.97. The Kier molecular flexibility index (Phi) is 6.11. The van der Waals surface area contributed by atoms with Crippen molar-refractivity contribution in [3.63, 3.8) is 0 Å². The van der Waals surface area contributed by atoms with Crippen molar-refractivity contribution >= 4 is 11.7 Å². The number of nitrogens with one attached hydrogen (secondary N) is 1. The average Bonchev–Trinajstić information content (AvgIpc) is 3.33. The number of hydrogen-bond donors (Lipinski definition) is 1. The Balaban J connectivity index is 1.30. The number of aryl methyl sites for hydroxylation is 1. The van der Waals surface area contributed by atoms with Crippen molar-refractivity contribution in [1.82, 2.24) is 34.8 Å². The summed E-state index contributed by atoms with van der Waals surface area (Å²) < 4.78 is 3.09. The van der Waals surface area contributed by atoms with E-state index in [0.29, 0.717) is 31.9 Å². The van der Waals surface area contributed by atoms with Crippen molar-refractivity contribution in [2.75, 3.05) is 24.5 Å². The molecule has 1 aliphatic heterocycles. The molecule has 156 valence electrons. The van der Waals surface area contributed by atoms with Gasteiger partial charge in [-0.1, -0.05) is 0 Å². The molecule has 1 atom stereocenters. The molecule has 10 heteroatoms. The number of anilines is 1. The molecule has 0 bridgehead atoms. The Hall–Kier alpha value is -3.56. The number of carbonyl (C=O) groups excluding carboxylic acids is 1. The summed E-state index contributed by atoms with van der Waals surface area (Å²) in [6.07, 6.45) is 9.06. The zero-order valence-electron chi connectivity index (χ0n) is 16.6. The predicted molar refractivity (Wildman–Crippen MR) is 110 cm³/mol. The van der Waals surface area contributed by atoms with Crippen LogP contribution in [0, 0.1) is 5.92 Å². The Labute approximate surface area is 173 Å². The van der Waals surface area contributed by atoms with E-state index < -0.39 is 0 Å². The summed E-state index contributed by atoms with van der Waals surface area (Å²) >= 11 is 0. The van der Waals surface area contributed by atoms with Gasteiger partial charge in [0.25, 0.3) is 5.56 Å². The molecule has 4 heterocycles. The van der Waals surface area contributed by atoms with Crippen LogP contribution in [0.15, 0.2) is 54.0 Å². The summed E-state index contributed by atoms with van der Waals surface area (Å²) in [5, 5.41) is 11.2. The van der Waals surface area contributed by atoms with Crippen molar-refractivity contribution in [3.05, 3.63) is 59.5 Å². The van der Waals surface area contributed by atoms with E-state index in [9.17, 15) is 9.59 Å². The number of aromatic nitrogens is 6. The maximum atomic E-state index is 12.6. The number of piperidine rings is 1. The molecule has 10 nitrogen and oxygen atoms in total. The third-order valence-corrected chi connectivity index (χ3v) is 5.12. The minimum Gasteiger partial charge on any atom is -0.356 e. The Morgan fingerprint density at radius 1 is 1.17 bits per heavy atom. The van der Waals surface area contributed by atoms with Gasteiger partial charge in [0.1, 0.15) is 12.1 Å². The van der Waals surface area contributed by atoms with Crippen molar-refractivity contribution in [1.29, 1.82) is 0 Å².